The maximum Gasteiger partial charge on any atom is 0.336 e. The van der Waals surface area contributed by atoms with Gasteiger partial charge in [-0.1, -0.05) is 11.6 Å². The summed E-state index contributed by atoms with van der Waals surface area (Å²) < 4.78 is 23.7. The van der Waals surface area contributed by atoms with Crippen molar-refractivity contribution in [2.24, 2.45) is 13.0 Å². The topological polar surface area (TPSA) is 108 Å². The second-order valence-electron chi connectivity index (χ2n) is 8.49. The summed E-state index contributed by atoms with van der Waals surface area (Å²) in [4.78, 5) is 32.4. The average molecular weight is 523 g/mol. The fourth-order valence-electron chi connectivity index (χ4n) is 4.53. The van der Waals surface area contributed by atoms with Crippen molar-refractivity contribution in [2.75, 3.05) is 7.11 Å². The number of nitrogens with zero attached hydrogens (tertiary/aromatic N) is 6. The van der Waals surface area contributed by atoms with Crippen molar-refractivity contribution in [2.45, 2.75) is 12.5 Å². The third kappa shape index (κ3) is 3.18. The van der Waals surface area contributed by atoms with Crippen LogP contribution in [0.15, 0.2) is 46.4 Å². The van der Waals surface area contributed by atoms with Gasteiger partial charge in [0, 0.05) is 29.1 Å². The molecule has 0 saturated heterocycles. The van der Waals surface area contributed by atoms with Crippen molar-refractivity contribution in [3.63, 3.8) is 0 Å². The fourth-order valence-corrected chi connectivity index (χ4v) is 5.95. The molecule has 0 radical (unpaired) electrons. The van der Waals surface area contributed by atoms with Crippen molar-refractivity contribution >= 4 is 44.1 Å². The zero-order chi connectivity index (χ0) is 25.3. The fraction of sp³-hybridized carbons (Fsp3) is 0.208. The molecule has 180 valence electrons. The number of benzene rings is 1. The van der Waals surface area contributed by atoms with Crippen LogP contribution in [0.3, 0.4) is 0 Å². The molecule has 0 bridgehead atoms. The van der Waals surface area contributed by atoms with Gasteiger partial charge in [0.1, 0.15) is 4.70 Å². The normalized spacial score (nSPS) is 17.0. The van der Waals surface area contributed by atoms with Crippen LogP contribution in [-0.2, 0) is 7.05 Å². The summed E-state index contributed by atoms with van der Waals surface area (Å²) >= 11 is 7.48. The maximum absolute atomic E-state index is 14.2. The monoisotopic (exact) mass is 522 g/mol. The number of ether oxygens (including phenoxy) is 1. The molecule has 0 spiro atoms. The maximum atomic E-state index is 14.2. The van der Waals surface area contributed by atoms with Crippen LogP contribution in [-0.4, -0.2) is 31.0 Å². The average Bonchev–Trinajstić information content (AvgIpc) is 3.33. The van der Waals surface area contributed by atoms with E-state index in [1.807, 2.05) is 0 Å². The quantitative estimate of drug-likeness (QED) is 0.352. The van der Waals surface area contributed by atoms with Gasteiger partial charge in [0.2, 0.25) is 0 Å². The molecular formula is C24H16ClFN6O3S. The Morgan fingerprint density at radius 3 is 2.78 bits per heavy atom. The van der Waals surface area contributed by atoms with Crippen LogP contribution in [0.4, 0.5) is 4.39 Å². The number of pyridine rings is 1. The molecule has 4 aromatic heterocycles. The molecule has 0 N–H and O–H groups in total. The lowest BCUT2D eigenvalue weighted by atomic mass is 10.1. The van der Waals surface area contributed by atoms with Gasteiger partial charge < -0.3 is 4.74 Å². The molecular weight excluding hydrogens is 507 g/mol. The van der Waals surface area contributed by atoms with E-state index in [9.17, 15) is 19.2 Å². The molecule has 36 heavy (non-hydrogen) atoms. The predicted molar refractivity (Wildman–Crippen MR) is 133 cm³/mol. The minimum Gasteiger partial charge on any atom is -0.494 e. The first-order valence-corrected chi connectivity index (χ1v) is 12.0. The van der Waals surface area contributed by atoms with Gasteiger partial charge in [-0.05, 0) is 24.6 Å². The standard InChI is InChI=1S/C24H16ClFN6O3S/c1-30-21-12(9-29-30)8-28-10-18(21)32-23(33)22-17(31(24(32)34)16-3-11(16)7-27)6-20(36-22)13-4-19(35-2)15(26)5-14(13)25/h4-6,8-11,16H,3H2,1-2H3/t11-,16?/m1/s1. The van der Waals surface area contributed by atoms with Crippen molar-refractivity contribution in [1.29, 1.82) is 5.26 Å². The van der Waals surface area contributed by atoms with Gasteiger partial charge in [-0.3, -0.25) is 19.0 Å². The van der Waals surface area contributed by atoms with E-state index in [1.165, 1.54) is 23.9 Å². The minimum absolute atomic E-state index is 0.00218. The van der Waals surface area contributed by atoms with Gasteiger partial charge in [-0.2, -0.15) is 10.4 Å². The number of aryl methyl sites for hydroxylation is 1. The molecule has 12 heteroatoms. The van der Waals surface area contributed by atoms with Crippen LogP contribution in [0.1, 0.15) is 12.5 Å². The summed E-state index contributed by atoms with van der Waals surface area (Å²) in [5, 5.41) is 14.5. The molecule has 1 aliphatic carbocycles. The summed E-state index contributed by atoms with van der Waals surface area (Å²) in [5.41, 5.74) is 0.627. The Bertz CT molecular complexity index is 1880. The number of hydrogen-bond donors (Lipinski definition) is 0. The Kier molecular flexibility index (Phi) is 5.00. The van der Waals surface area contributed by atoms with E-state index in [0.29, 0.717) is 43.7 Å². The highest BCUT2D eigenvalue weighted by atomic mass is 35.5. The summed E-state index contributed by atoms with van der Waals surface area (Å²) in [6, 6.07) is 6.11. The lowest BCUT2D eigenvalue weighted by Crippen LogP contribution is -2.38. The predicted octanol–water partition coefficient (Wildman–Crippen LogP) is 4.05. The van der Waals surface area contributed by atoms with Crippen molar-refractivity contribution in [3.8, 4) is 27.9 Å². The first kappa shape index (κ1) is 22.5. The Hall–Kier alpha value is -4.01. The molecule has 0 aliphatic heterocycles. The van der Waals surface area contributed by atoms with E-state index in [1.54, 1.807) is 30.2 Å². The largest absolute Gasteiger partial charge is 0.494 e. The van der Waals surface area contributed by atoms with E-state index >= 15 is 0 Å². The smallest absolute Gasteiger partial charge is 0.336 e. The Morgan fingerprint density at radius 2 is 2.06 bits per heavy atom. The SMILES string of the molecule is COc1cc(-c2cc3c(s2)c(=O)n(-c2cncc4cnn(C)c24)c(=O)n3C2C[C@@H]2C#N)c(Cl)cc1F. The second-order valence-corrected chi connectivity index (χ2v) is 9.95. The number of fused-ring (bicyclic) bond motifs is 2. The van der Waals surface area contributed by atoms with Gasteiger partial charge in [-0.15, -0.1) is 11.3 Å². The molecule has 5 aromatic rings. The van der Waals surface area contributed by atoms with E-state index < -0.39 is 17.1 Å². The lowest BCUT2D eigenvalue weighted by molar-refractivity contribution is 0.387. The van der Waals surface area contributed by atoms with Crippen LogP contribution in [0.2, 0.25) is 5.02 Å². The molecule has 1 aromatic carbocycles. The number of nitriles is 1. The minimum atomic E-state index is -0.613. The van der Waals surface area contributed by atoms with Gasteiger partial charge in [0.25, 0.3) is 5.56 Å². The molecule has 4 heterocycles. The van der Waals surface area contributed by atoms with E-state index in [-0.39, 0.29) is 22.7 Å². The number of thiophene rings is 1. The molecule has 1 unspecified atom stereocenters. The second kappa shape index (κ2) is 8.01. The Labute approximate surface area is 211 Å². The van der Waals surface area contributed by atoms with Gasteiger partial charge in [0.15, 0.2) is 11.6 Å². The van der Waals surface area contributed by atoms with Crippen molar-refractivity contribution in [3.05, 3.63) is 68.5 Å². The highest BCUT2D eigenvalue weighted by molar-refractivity contribution is 7.22. The van der Waals surface area contributed by atoms with Crippen molar-refractivity contribution in [1.82, 2.24) is 23.9 Å². The third-order valence-corrected chi connectivity index (χ3v) is 7.85. The lowest BCUT2D eigenvalue weighted by Gasteiger charge is -2.12. The van der Waals surface area contributed by atoms with Gasteiger partial charge in [0.05, 0.1) is 59.3 Å². The van der Waals surface area contributed by atoms with E-state index in [4.69, 9.17) is 16.3 Å². The van der Waals surface area contributed by atoms with Crippen LogP contribution >= 0.6 is 22.9 Å². The van der Waals surface area contributed by atoms with Crippen LogP contribution in [0, 0.1) is 23.1 Å². The summed E-state index contributed by atoms with van der Waals surface area (Å²) in [7, 11) is 3.06. The van der Waals surface area contributed by atoms with Crippen LogP contribution < -0.4 is 16.0 Å². The number of aromatic nitrogens is 5. The number of methoxy groups -OCH3 is 1. The highest BCUT2D eigenvalue weighted by Gasteiger charge is 2.42. The van der Waals surface area contributed by atoms with Crippen molar-refractivity contribution < 1.29 is 9.13 Å². The molecule has 1 saturated carbocycles. The first-order chi connectivity index (χ1) is 17.3. The molecule has 9 nitrogen and oxygen atoms in total. The van der Waals surface area contributed by atoms with Gasteiger partial charge in [-0.25, -0.2) is 13.8 Å². The summed E-state index contributed by atoms with van der Waals surface area (Å²) in [5.74, 6) is -0.957. The number of hydrogen-bond acceptors (Lipinski definition) is 7. The molecule has 2 atom stereocenters. The molecule has 6 rings (SSSR count). The van der Waals surface area contributed by atoms with E-state index in [2.05, 4.69) is 16.2 Å². The number of halogens is 2. The highest BCUT2D eigenvalue weighted by Crippen LogP contribution is 2.45. The summed E-state index contributed by atoms with van der Waals surface area (Å²) in [6.07, 6.45) is 5.16. The number of rotatable bonds is 4. The molecule has 0 amide bonds. The molecule has 1 aliphatic rings. The summed E-state index contributed by atoms with van der Waals surface area (Å²) in [6.45, 7) is 0. The Morgan fingerprint density at radius 1 is 1.25 bits per heavy atom. The van der Waals surface area contributed by atoms with E-state index in [0.717, 1.165) is 22.0 Å². The van der Waals surface area contributed by atoms with Gasteiger partial charge >= 0.3 is 5.69 Å². The van der Waals surface area contributed by atoms with Crippen LogP contribution in [0.5, 0.6) is 5.75 Å². The van der Waals surface area contributed by atoms with Crippen LogP contribution in [0.25, 0.3) is 37.2 Å². The zero-order valence-corrected chi connectivity index (χ0v) is 20.5. The molecule has 1 fully saturated rings. The third-order valence-electron chi connectivity index (χ3n) is 6.39. The Balaban J connectivity index is 1.69. The zero-order valence-electron chi connectivity index (χ0n) is 18.9. The first-order valence-electron chi connectivity index (χ1n) is 10.8.